The highest BCUT2D eigenvalue weighted by Gasteiger charge is 2.46. The van der Waals surface area contributed by atoms with E-state index in [1.165, 1.54) is 4.90 Å². The summed E-state index contributed by atoms with van der Waals surface area (Å²) in [7, 11) is 1.83. The number of hydrazine groups is 1. The minimum absolute atomic E-state index is 0.00488. The highest BCUT2D eigenvalue weighted by atomic mass is 16.2. The summed E-state index contributed by atoms with van der Waals surface area (Å²) in [5.74, 6) is -1.35. The minimum Gasteiger partial charge on any atom is -0.331 e. The van der Waals surface area contributed by atoms with E-state index in [1.54, 1.807) is 0 Å². The van der Waals surface area contributed by atoms with E-state index in [2.05, 4.69) is 15.8 Å². The lowest BCUT2D eigenvalue weighted by atomic mass is 9.85. The Balaban J connectivity index is 1.25. The van der Waals surface area contributed by atoms with Gasteiger partial charge in [-0.25, -0.2) is 4.98 Å². The van der Waals surface area contributed by atoms with Gasteiger partial charge >= 0.3 is 0 Å². The van der Waals surface area contributed by atoms with Crippen LogP contribution in [0.25, 0.3) is 11.0 Å². The molecule has 1 saturated heterocycles. The van der Waals surface area contributed by atoms with Crippen LogP contribution in [0.5, 0.6) is 0 Å². The van der Waals surface area contributed by atoms with Gasteiger partial charge < -0.3 is 4.57 Å². The number of carbonyl (C=O) groups is 4. The molecule has 1 aliphatic carbocycles. The third-order valence-corrected chi connectivity index (χ3v) is 5.70. The van der Waals surface area contributed by atoms with Gasteiger partial charge in [-0.05, 0) is 25.0 Å². The van der Waals surface area contributed by atoms with Gasteiger partial charge in [0.2, 0.25) is 23.6 Å². The minimum atomic E-state index is -0.470. The maximum Gasteiger partial charge on any atom is 0.245 e. The van der Waals surface area contributed by atoms with E-state index >= 15 is 0 Å². The largest absolute Gasteiger partial charge is 0.331 e. The summed E-state index contributed by atoms with van der Waals surface area (Å²) in [5.41, 5.74) is 6.41. The Morgan fingerprint density at radius 1 is 1.03 bits per heavy atom. The van der Waals surface area contributed by atoms with Crippen LogP contribution in [0.15, 0.2) is 36.4 Å². The molecule has 1 fully saturated rings. The van der Waals surface area contributed by atoms with E-state index in [4.69, 9.17) is 0 Å². The van der Waals surface area contributed by atoms with Crippen molar-refractivity contribution in [2.24, 2.45) is 18.9 Å². The number of imide groups is 1. The molecule has 2 atom stereocenters. The zero-order valence-corrected chi connectivity index (χ0v) is 16.6. The van der Waals surface area contributed by atoms with Gasteiger partial charge in [-0.1, -0.05) is 24.3 Å². The predicted octanol–water partition coefficient (Wildman–Crippen LogP) is 0.605. The van der Waals surface area contributed by atoms with Gasteiger partial charge in [0.05, 0.1) is 29.3 Å². The molecule has 30 heavy (non-hydrogen) atoms. The molecule has 1 aromatic heterocycles. The smallest absolute Gasteiger partial charge is 0.245 e. The average molecular weight is 409 g/mol. The topological polar surface area (TPSA) is 113 Å². The third kappa shape index (κ3) is 3.70. The molecular weight excluding hydrogens is 386 g/mol. The summed E-state index contributed by atoms with van der Waals surface area (Å²) in [6.07, 6.45) is 4.90. The van der Waals surface area contributed by atoms with Crippen LogP contribution in [0.3, 0.4) is 0 Å². The molecule has 2 aromatic rings. The van der Waals surface area contributed by atoms with Crippen LogP contribution in [0.2, 0.25) is 0 Å². The van der Waals surface area contributed by atoms with Crippen LogP contribution < -0.4 is 10.9 Å². The van der Waals surface area contributed by atoms with Gasteiger partial charge in [-0.15, -0.1) is 0 Å². The van der Waals surface area contributed by atoms with Crippen molar-refractivity contribution in [2.75, 3.05) is 6.54 Å². The van der Waals surface area contributed by atoms with Crippen LogP contribution in [0.1, 0.15) is 25.1 Å². The van der Waals surface area contributed by atoms with E-state index < -0.39 is 11.8 Å². The number of amides is 4. The van der Waals surface area contributed by atoms with E-state index in [1.807, 2.05) is 48.0 Å². The zero-order valence-electron chi connectivity index (χ0n) is 16.6. The number of aromatic nitrogens is 2. The number of para-hydroxylation sites is 2. The molecule has 0 bridgehead atoms. The Hall–Kier alpha value is -3.49. The number of imidazole rings is 1. The number of carbonyl (C=O) groups excluding carboxylic acids is 4. The van der Waals surface area contributed by atoms with Crippen molar-refractivity contribution in [3.8, 4) is 0 Å². The molecule has 1 aliphatic heterocycles. The van der Waals surface area contributed by atoms with Crippen molar-refractivity contribution in [3.63, 3.8) is 0 Å². The molecular formula is C21H23N5O4. The Morgan fingerprint density at radius 2 is 1.67 bits per heavy atom. The number of rotatable bonds is 5. The fourth-order valence-corrected chi connectivity index (χ4v) is 4.05. The molecule has 0 spiro atoms. The highest BCUT2D eigenvalue weighted by molar-refractivity contribution is 6.05. The third-order valence-electron chi connectivity index (χ3n) is 5.70. The molecule has 2 N–H and O–H groups in total. The summed E-state index contributed by atoms with van der Waals surface area (Å²) in [5, 5.41) is 0. The number of nitrogens with zero attached hydrogens (tertiary/aromatic N) is 3. The summed E-state index contributed by atoms with van der Waals surface area (Å²) in [4.78, 5) is 54.6. The van der Waals surface area contributed by atoms with Crippen molar-refractivity contribution in [1.82, 2.24) is 25.3 Å². The lowest BCUT2D eigenvalue weighted by molar-refractivity contribution is -0.140. The van der Waals surface area contributed by atoms with Crippen molar-refractivity contribution in [3.05, 3.63) is 42.2 Å². The fourth-order valence-electron chi connectivity index (χ4n) is 4.05. The molecule has 0 saturated carbocycles. The van der Waals surface area contributed by atoms with Gasteiger partial charge in [-0.2, -0.15) is 0 Å². The average Bonchev–Trinajstić information content (AvgIpc) is 3.19. The van der Waals surface area contributed by atoms with Crippen molar-refractivity contribution < 1.29 is 19.2 Å². The Morgan fingerprint density at radius 3 is 2.33 bits per heavy atom. The van der Waals surface area contributed by atoms with Gasteiger partial charge in [-0.3, -0.25) is 34.9 Å². The maximum atomic E-state index is 12.4. The summed E-state index contributed by atoms with van der Waals surface area (Å²) < 4.78 is 1.83. The van der Waals surface area contributed by atoms with Gasteiger partial charge in [0.15, 0.2) is 0 Å². The first-order valence-electron chi connectivity index (χ1n) is 9.94. The second kappa shape index (κ2) is 8.10. The van der Waals surface area contributed by atoms with Crippen LogP contribution >= 0.6 is 0 Å². The first-order valence-corrected chi connectivity index (χ1v) is 9.94. The second-order valence-electron chi connectivity index (χ2n) is 7.58. The number of hydrogen-bond donors (Lipinski definition) is 2. The quantitative estimate of drug-likeness (QED) is 0.427. The summed E-state index contributed by atoms with van der Waals surface area (Å²) in [6, 6.07) is 7.56. The first-order chi connectivity index (χ1) is 14.5. The molecule has 0 radical (unpaired) electrons. The van der Waals surface area contributed by atoms with Crippen LogP contribution in [0, 0.1) is 11.8 Å². The van der Waals surface area contributed by atoms with Gasteiger partial charge in [0, 0.05) is 20.0 Å². The Labute approximate surface area is 173 Å². The van der Waals surface area contributed by atoms with E-state index in [-0.39, 0.29) is 43.0 Å². The number of nitrogens with one attached hydrogen (secondary N) is 2. The summed E-state index contributed by atoms with van der Waals surface area (Å²) in [6.45, 7) is 0.0110. The van der Waals surface area contributed by atoms with E-state index in [0.717, 1.165) is 11.0 Å². The summed E-state index contributed by atoms with van der Waals surface area (Å²) >= 11 is 0. The standard InChI is InChI=1S/C21H23N5O4/c1-25-16-9-5-4-8-15(16)22-17(25)12-19(28)24-23-18(27)10-11-26-20(29)13-6-2-3-7-14(13)21(26)30/h2-5,8-9,13-14H,6-7,10-12H2,1H3,(H,23,27)(H,24,28)/t13-,14-/m0/s1. The first kappa shape index (κ1) is 19.8. The lowest BCUT2D eigenvalue weighted by Gasteiger charge is -2.14. The Kier molecular flexibility index (Phi) is 5.35. The van der Waals surface area contributed by atoms with E-state index in [0.29, 0.717) is 18.7 Å². The molecule has 2 heterocycles. The zero-order chi connectivity index (χ0) is 21.3. The van der Waals surface area contributed by atoms with Crippen LogP contribution in [0.4, 0.5) is 0 Å². The SMILES string of the molecule is Cn1c(CC(=O)NNC(=O)CCN2C(=O)[C@H]3CC=CC[C@@H]3C2=O)nc2ccccc21. The van der Waals surface area contributed by atoms with Crippen molar-refractivity contribution >= 4 is 34.7 Å². The number of aryl methyl sites for hydroxylation is 1. The van der Waals surface area contributed by atoms with Crippen molar-refractivity contribution in [2.45, 2.75) is 25.7 Å². The molecule has 1 aromatic carbocycles. The lowest BCUT2D eigenvalue weighted by Crippen LogP contribution is -2.44. The highest BCUT2D eigenvalue weighted by Crippen LogP contribution is 2.34. The molecule has 0 unspecified atom stereocenters. The predicted molar refractivity (Wildman–Crippen MR) is 107 cm³/mol. The maximum absolute atomic E-state index is 12.4. The normalized spacial score (nSPS) is 20.5. The fraction of sp³-hybridized carbons (Fsp3) is 0.381. The number of fused-ring (bicyclic) bond motifs is 2. The van der Waals surface area contributed by atoms with E-state index in [9.17, 15) is 19.2 Å². The van der Waals surface area contributed by atoms with Crippen molar-refractivity contribution in [1.29, 1.82) is 0 Å². The molecule has 4 rings (SSSR count). The van der Waals surface area contributed by atoms with Gasteiger partial charge in [0.25, 0.3) is 0 Å². The number of benzene rings is 1. The second-order valence-corrected chi connectivity index (χ2v) is 7.58. The Bertz CT molecular complexity index is 1030. The molecule has 9 heteroatoms. The number of hydrogen-bond acceptors (Lipinski definition) is 5. The molecule has 9 nitrogen and oxygen atoms in total. The van der Waals surface area contributed by atoms with Crippen LogP contribution in [-0.4, -0.2) is 44.6 Å². The molecule has 4 amide bonds. The van der Waals surface area contributed by atoms with Gasteiger partial charge in [0.1, 0.15) is 5.82 Å². The number of allylic oxidation sites excluding steroid dienone is 2. The molecule has 156 valence electrons. The molecule has 2 aliphatic rings. The monoisotopic (exact) mass is 409 g/mol. The van der Waals surface area contributed by atoms with Crippen LogP contribution in [-0.2, 0) is 32.6 Å². The number of likely N-dealkylation sites (tertiary alicyclic amines) is 1.